The van der Waals surface area contributed by atoms with Crippen molar-refractivity contribution in [3.8, 4) is 0 Å². The van der Waals surface area contributed by atoms with E-state index in [1.807, 2.05) is 6.07 Å². The zero-order valence-electron chi connectivity index (χ0n) is 11.7. The molecule has 5 nitrogen and oxygen atoms in total. The molecule has 0 unspecified atom stereocenters. The molecule has 0 spiro atoms. The number of esters is 1. The molecule has 1 N–H and O–H groups in total. The van der Waals surface area contributed by atoms with Crippen LogP contribution in [0.3, 0.4) is 0 Å². The number of aromatic nitrogens is 2. The Morgan fingerprint density at radius 1 is 1.52 bits per heavy atom. The second-order valence-electron chi connectivity index (χ2n) is 5.02. The maximum Gasteiger partial charge on any atom is 0.327 e. The Balaban J connectivity index is 1.72. The highest BCUT2D eigenvalue weighted by Gasteiger charge is 2.25. The molecule has 1 aromatic heterocycles. The lowest BCUT2D eigenvalue weighted by Gasteiger charge is -2.13. The van der Waals surface area contributed by atoms with Gasteiger partial charge in [0, 0.05) is 12.3 Å². The van der Waals surface area contributed by atoms with Gasteiger partial charge in [-0.3, -0.25) is 9.48 Å². The number of rotatable bonds is 4. The maximum absolute atomic E-state index is 13.7. The second kappa shape index (κ2) is 5.55. The first-order chi connectivity index (χ1) is 10.2. The molecule has 6 heteroatoms. The zero-order valence-corrected chi connectivity index (χ0v) is 11.7. The summed E-state index contributed by atoms with van der Waals surface area (Å²) in [6.45, 7) is 0.0774. The minimum Gasteiger partial charge on any atom is -0.468 e. The summed E-state index contributed by atoms with van der Waals surface area (Å²) in [5.74, 6) is 0.173. The molecule has 0 fully saturated rings. The Hall–Kier alpha value is -2.37. The van der Waals surface area contributed by atoms with Crippen LogP contribution < -0.4 is 5.32 Å². The quantitative estimate of drug-likeness (QED) is 0.877. The Kier molecular flexibility index (Phi) is 3.60. The van der Waals surface area contributed by atoms with Gasteiger partial charge < -0.3 is 10.1 Å². The van der Waals surface area contributed by atoms with Gasteiger partial charge in [0.15, 0.2) is 0 Å². The molecule has 1 aromatic carbocycles. The van der Waals surface area contributed by atoms with Crippen LogP contribution in [0.25, 0.3) is 0 Å². The number of anilines is 1. The van der Waals surface area contributed by atoms with Crippen LogP contribution in [0.4, 0.5) is 10.2 Å². The van der Waals surface area contributed by atoms with Crippen molar-refractivity contribution in [2.45, 2.75) is 25.4 Å². The normalized spacial score (nSPS) is 16.6. The third kappa shape index (κ3) is 2.74. The van der Waals surface area contributed by atoms with E-state index in [1.165, 1.54) is 17.9 Å². The first-order valence-electron chi connectivity index (χ1n) is 6.81. The summed E-state index contributed by atoms with van der Waals surface area (Å²) in [5.41, 5.74) is 1.77. The third-order valence-electron chi connectivity index (χ3n) is 3.70. The van der Waals surface area contributed by atoms with E-state index in [-0.39, 0.29) is 24.4 Å². The van der Waals surface area contributed by atoms with Gasteiger partial charge >= 0.3 is 5.97 Å². The smallest absolute Gasteiger partial charge is 0.327 e. The van der Waals surface area contributed by atoms with Gasteiger partial charge in [0.05, 0.1) is 13.2 Å². The van der Waals surface area contributed by atoms with Crippen molar-refractivity contribution in [1.82, 2.24) is 9.78 Å². The first kappa shape index (κ1) is 13.6. The van der Waals surface area contributed by atoms with E-state index in [9.17, 15) is 9.18 Å². The fourth-order valence-electron chi connectivity index (χ4n) is 2.66. The zero-order chi connectivity index (χ0) is 14.8. The molecular formula is C15H16FN3O2. The highest BCUT2D eigenvalue weighted by atomic mass is 19.1. The number of carbonyl (C=O) groups excluding carboxylic acids is 1. The molecule has 1 heterocycles. The summed E-state index contributed by atoms with van der Waals surface area (Å²) in [6, 6.07) is 7.00. The fourth-order valence-corrected chi connectivity index (χ4v) is 2.66. The largest absolute Gasteiger partial charge is 0.468 e. The number of nitrogens with zero attached hydrogens (tertiary/aromatic N) is 2. The van der Waals surface area contributed by atoms with Crippen molar-refractivity contribution in [1.29, 1.82) is 0 Å². The van der Waals surface area contributed by atoms with Crippen molar-refractivity contribution in [2.24, 2.45) is 0 Å². The molecule has 3 rings (SSSR count). The number of methoxy groups -OCH3 is 1. The van der Waals surface area contributed by atoms with Gasteiger partial charge in [-0.25, -0.2) is 4.39 Å². The van der Waals surface area contributed by atoms with Gasteiger partial charge in [-0.1, -0.05) is 12.1 Å². The molecule has 0 bridgehead atoms. The number of ether oxygens (including phenoxy) is 1. The molecule has 110 valence electrons. The lowest BCUT2D eigenvalue weighted by Crippen LogP contribution is -2.13. The predicted octanol–water partition coefficient (Wildman–Crippen LogP) is 2.29. The molecule has 0 amide bonds. The Morgan fingerprint density at radius 2 is 2.38 bits per heavy atom. The molecule has 1 aliphatic rings. The second-order valence-corrected chi connectivity index (χ2v) is 5.02. The van der Waals surface area contributed by atoms with Gasteiger partial charge in [0.25, 0.3) is 0 Å². The molecule has 0 saturated carbocycles. The van der Waals surface area contributed by atoms with Gasteiger partial charge in [0.1, 0.15) is 18.2 Å². The number of halogens is 1. The van der Waals surface area contributed by atoms with Gasteiger partial charge in [0.2, 0.25) is 0 Å². The average Bonchev–Trinajstić information content (AvgIpc) is 3.08. The summed E-state index contributed by atoms with van der Waals surface area (Å²) < 4.78 is 19.8. The van der Waals surface area contributed by atoms with E-state index in [4.69, 9.17) is 0 Å². The van der Waals surface area contributed by atoms with Crippen LogP contribution >= 0.6 is 0 Å². The Morgan fingerprint density at radius 3 is 3.19 bits per heavy atom. The van der Waals surface area contributed by atoms with Crippen LogP contribution in [0.2, 0.25) is 0 Å². The van der Waals surface area contributed by atoms with Gasteiger partial charge in [-0.15, -0.1) is 0 Å². The van der Waals surface area contributed by atoms with Gasteiger partial charge in [-0.2, -0.15) is 5.10 Å². The van der Waals surface area contributed by atoms with Crippen LogP contribution in [0.15, 0.2) is 30.5 Å². The number of hydrogen-bond donors (Lipinski definition) is 1. The van der Waals surface area contributed by atoms with Crippen LogP contribution in [-0.4, -0.2) is 22.9 Å². The fraction of sp³-hybridized carbons (Fsp3) is 0.333. The Labute approximate surface area is 121 Å². The monoisotopic (exact) mass is 289 g/mol. The lowest BCUT2D eigenvalue weighted by molar-refractivity contribution is -0.141. The van der Waals surface area contributed by atoms with Crippen LogP contribution in [-0.2, 0) is 22.5 Å². The van der Waals surface area contributed by atoms with Crippen molar-refractivity contribution in [2.75, 3.05) is 12.4 Å². The third-order valence-corrected chi connectivity index (χ3v) is 3.70. The standard InChI is InChI=1S/C15H16FN3O2/c1-21-15(20)9-19-8-7-14(18-19)17-13-6-5-10-11(13)3-2-4-12(10)16/h2-4,7-8,13H,5-6,9H2,1H3,(H,17,18)/t13-/m1/s1. The van der Waals surface area contributed by atoms with E-state index >= 15 is 0 Å². The topological polar surface area (TPSA) is 56.1 Å². The van der Waals surface area contributed by atoms with E-state index in [0.717, 1.165) is 24.0 Å². The molecule has 21 heavy (non-hydrogen) atoms. The SMILES string of the molecule is COC(=O)Cn1ccc(N[C@@H]2CCc3c(F)cccc32)n1. The van der Waals surface area contributed by atoms with E-state index in [2.05, 4.69) is 15.2 Å². The minimum atomic E-state index is -0.349. The Bertz CT molecular complexity index is 669. The number of benzene rings is 1. The predicted molar refractivity (Wildman–Crippen MR) is 75.3 cm³/mol. The number of carbonyl (C=O) groups is 1. The summed E-state index contributed by atoms with van der Waals surface area (Å²) in [7, 11) is 1.34. The molecule has 0 aliphatic heterocycles. The van der Waals surface area contributed by atoms with Crippen molar-refractivity contribution < 1.29 is 13.9 Å². The van der Waals surface area contributed by atoms with E-state index in [1.54, 1.807) is 18.3 Å². The van der Waals surface area contributed by atoms with Crippen LogP contribution in [0, 0.1) is 5.82 Å². The summed E-state index contributed by atoms with van der Waals surface area (Å²) in [6.07, 6.45) is 3.27. The molecule has 1 atom stereocenters. The minimum absolute atomic E-state index is 0.0529. The molecular weight excluding hydrogens is 273 g/mol. The number of hydrogen-bond acceptors (Lipinski definition) is 4. The molecule has 1 aliphatic carbocycles. The molecule has 2 aromatic rings. The summed E-state index contributed by atoms with van der Waals surface area (Å²) >= 11 is 0. The van der Waals surface area contributed by atoms with E-state index < -0.39 is 0 Å². The highest BCUT2D eigenvalue weighted by Crippen LogP contribution is 2.34. The van der Waals surface area contributed by atoms with Crippen LogP contribution in [0.1, 0.15) is 23.6 Å². The number of nitrogens with one attached hydrogen (secondary N) is 1. The number of fused-ring (bicyclic) bond motifs is 1. The molecule has 0 saturated heterocycles. The van der Waals surface area contributed by atoms with Gasteiger partial charge in [-0.05, 0) is 30.0 Å². The maximum atomic E-state index is 13.7. The summed E-state index contributed by atoms with van der Waals surface area (Å²) in [4.78, 5) is 11.2. The van der Waals surface area contributed by atoms with Crippen molar-refractivity contribution >= 4 is 11.8 Å². The van der Waals surface area contributed by atoms with E-state index in [0.29, 0.717) is 5.82 Å². The average molecular weight is 289 g/mol. The first-order valence-corrected chi connectivity index (χ1v) is 6.81. The summed E-state index contributed by atoms with van der Waals surface area (Å²) in [5, 5.41) is 7.55. The lowest BCUT2D eigenvalue weighted by atomic mass is 10.1. The molecule has 0 radical (unpaired) electrons. The van der Waals surface area contributed by atoms with Crippen molar-refractivity contribution in [3.05, 3.63) is 47.4 Å². The van der Waals surface area contributed by atoms with Crippen molar-refractivity contribution in [3.63, 3.8) is 0 Å². The van der Waals surface area contributed by atoms with Crippen LogP contribution in [0.5, 0.6) is 0 Å². The highest BCUT2D eigenvalue weighted by molar-refractivity contribution is 5.68.